The Morgan fingerprint density at radius 2 is 1.11 bits per heavy atom. The van der Waals surface area contributed by atoms with Crippen LogP contribution < -0.4 is 0 Å². The number of rotatable bonds is 7. The summed E-state index contributed by atoms with van der Waals surface area (Å²) in [5.41, 5.74) is 2.00. The van der Waals surface area contributed by atoms with Gasteiger partial charge in [0.2, 0.25) is 21.6 Å². The van der Waals surface area contributed by atoms with E-state index in [1.807, 2.05) is 60.7 Å². The van der Waals surface area contributed by atoms with E-state index in [2.05, 4.69) is 0 Å². The van der Waals surface area contributed by atoms with Crippen LogP contribution in [-0.2, 0) is 23.1 Å². The fraction of sp³-hybridized carbons (Fsp3) is 0.214. The average Bonchev–Trinajstić information content (AvgIpc) is 3.41. The average molecular weight is 487 g/mol. The van der Waals surface area contributed by atoms with E-state index < -0.39 is 26.5 Å². The van der Waals surface area contributed by atoms with E-state index >= 15 is 0 Å². The highest BCUT2D eigenvalue weighted by atomic mass is 32.2. The van der Waals surface area contributed by atoms with Crippen LogP contribution in [0.4, 0.5) is 0 Å². The third-order valence-corrected chi connectivity index (χ3v) is 8.31. The number of allylic oxidation sites excluding steroid dienone is 2. The Balaban J connectivity index is 1.66. The molecule has 0 aromatic heterocycles. The highest BCUT2D eigenvalue weighted by Crippen LogP contribution is 2.35. The highest BCUT2D eigenvalue weighted by Gasteiger charge is 2.44. The lowest BCUT2D eigenvalue weighted by molar-refractivity contribution is 0.0952. The number of benzene rings is 3. The predicted octanol–water partition coefficient (Wildman–Crippen LogP) is 4.41. The van der Waals surface area contributed by atoms with Crippen LogP contribution >= 0.6 is 0 Å². The molecule has 0 atom stereocenters. The molecule has 3 aromatic rings. The lowest BCUT2D eigenvalue weighted by Gasteiger charge is -2.31. The topological polar surface area (TPSA) is 74.8 Å². The lowest BCUT2D eigenvalue weighted by Crippen LogP contribution is -2.40. The van der Waals surface area contributed by atoms with Crippen LogP contribution in [0.15, 0.2) is 95.5 Å². The van der Waals surface area contributed by atoms with Crippen molar-refractivity contribution in [1.82, 2.24) is 9.21 Å². The molecule has 1 fully saturated rings. The molecule has 5 rings (SSSR count). The van der Waals surface area contributed by atoms with Crippen LogP contribution in [0, 0.1) is 0 Å². The minimum absolute atomic E-state index is 0.0114. The maximum atomic E-state index is 14.3. The number of carbonyl (C=O) groups excluding carboxylic acids is 2. The van der Waals surface area contributed by atoms with Gasteiger partial charge in [-0.2, -0.15) is 4.31 Å². The monoisotopic (exact) mass is 486 g/mol. The lowest BCUT2D eigenvalue weighted by atomic mass is 9.92. The summed E-state index contributed by atoms with van der Waals surface area (Å²) in [6.07, 6.45) is 1.69. The summed E-state index contributed by atoms with van der Waals surface area (Å²) < 4.78 is 29.9. The normalized spacial score (nSPS) is 16.2. The molecule has 0 radical (unpaired) electrons. The molecular formula is C28H26N2O4S. The van der Waals surface area contributed by atoms with Gasteiger partial charge in [-0.25, -0.2) is 8.42 Å². The Labute approximate surface area is 205 Å². The first-order chi connectivity index (χ1) is 17.0. The fourth-order valence-corrected chi connectivity index (χ4v) is 6.44. The first-order valence-corrected chi connectivity index (χ1v) is 13.2. The fourth-order valence-electron chi connectivity index (χ4n) is 4.74. The van der Waals surface area contributed by atoms with Gasteiger partial charge < -0.3 is 4.90 Å². The Kier molecular flexibility index (Phi) is 6.36. The zero-order valence-electron chi connectivity index (χ0n) is 19.3. The molecule has 35 heavy (non-hydrogen) atoms. The second-order valence-electron chi connectivity index (χ2n) is 8.82. The summed E-state index contributed by atoms with van der Waals surface area (Å²) in [6.45, 7) is 1.26. The van der Waals surface area contributed by atoms with Crippen LogP contribution in [0.3, 0.4) is 0 Å². The molecule has 2 aliphatic rings. The van der Waals surface area contributed by atoms with E-state index in [0.717, 1.165) is 24.0 Å². The van der Waals surface area contributed by atoms with E-state index in [-0.39, 0.29) is 29.9 Å². The molecule has 0 spiro atoms. The number of Topliss-reactive ketones (excluding diaryl/α,β-unsaturated/α-hetero) is 2. The van der Waals surface area contributed by atoms with Gasteiger partial charge in [-0.05, 0) is 24.0 Å². The van der Waals surface area contributed by atoms with E-state index in [1.165, 1.54) is 10.4 Å². The quantitative estimate of drug-likeness (QED) is 0.495. The van der Waals surface area contributed by atoms with Gasteiger partial charge in [0.15, 0.2) is 4.91 Å². The molecule has 7 heteroatoms. The SMILES string of the molecule is O=C1C(N2CCCC2)=C(S(=O)(=O)N(Cc2ccccc2)Cc2ccccc2)C(=O)c2ccccc21. The molecule has 0 saturated carbocycles. The number of carbonyl (C=O) groups is 2. The van der Waals surface area contributed by atoms with Crippen LogP contribution in [0.2, 0.25) is 0 Å². The summed E-state index contributed by atoms with van der Waals surface area (Å²) in [4.78, 5) is 28.7. The summed E-state index contributed by atoms with van der Waals surface area (Å²) >= 11 is 0. The number of hydrogen-bond donors (Lipinski definition) is 0. The summed E-state index contributed by atoms with van der Waals surface area (Å²) in [5, 5.41) is 0. The van der Waals surface area contributed by atoms with Gasteiger partial charge in [0, 0.05) is 37.3 Å². The van der Waals surface area contributed by atoms with Gasteiger partial charge in [-0.3, -0.25) is 9.59 Å². The summed E-state index contributed by atoms with van der Waals surface area (Å²) in [7, 11) is -4.33. The Bertz CT molecular complexity index is 1350. The minimum atomic E-state index is -4.33. The van der Waals surface area contributed by atoms with Crippen LogP contribution in [0.25, 0.3) is 0 Å². The summed E-state index contributed by atoms with van der Waals surface area (Å²) in [6, 6.07) is 25.0. The largest absolute Gasteiger partial charge is 0.367 e. The van der Waals surface area contributed by atoms with Gasteiger partial charge in [0.1, 0.15) is 5.70 Å². The number of fused-ring (bicyclic) bond motifs is 1. The van der Waals surface area contributed by atoms with Crippen molar-refractivity contribution in [2.75, 3.05) is 13.1 Å². The minimum Gasteiger partial charge on any atom is -0.367 e. The second-order valence-corrected chi connectivity index (χ2v) is 10.7. The third kappa shape index (κ3) is 4.45. The van der Waals surface area contributed by atoms with E-state index in [1.54, 1.807) is 23.1 Å². The van der Waals surface area contributed by atoms with Crippen molar-refractivity contribution in [1.29, 1.82) is 0 Å². The first-order valence-electron chi connectivity index (χ1n) is 11.7. The maximum absolute atomic E-state index is 14.3. The second kappa shape index (κ2) is 9.60. The zero-order valence-corrected chi connectivity index (χ0v) is 20.1. The molecule has 1 aliphatic carbocycles. The molecule has 3 aromatic carbocycles. The van der Waals surface area contributed by atoms with Crippen molar-refractivity contribution in [3.8, 4) is 0 Å². The Hall–Kier alpha value is -3.55. The number of ketones is 2. The van der Waals surface area contributed by atoms with Gasteiger partial charge in [-0.1, -0.05) is 84.9 Å². The van der Waals surface area contributed by atoms with Gasteiger partial charge >= 0.3 is 0 Å². The molecule has 1 aliphatic heterocycles. The predicted molar refractivity (Wildman–Crippen MR) is 134 cm³/mol. The van der Waals surface area contributed by atoms with Crippen LogP contribution in [0.1, 0.15) is 44.7 Å². The van der Waals surface area contributed by atoms with E-state index in [4.69, 9.17) is 0 Å². The Morgan fingerprint density at radius 1 is 0.657 bits per heavy atom. The van der Waals surface area contributed by atoms with Crippen molar-refractivity contribution in [2.45, 2.75) is 25.9 Å². The smallest absolute Gasteiger partial charge is 0.249 e. The molecular weight excluding hydrogens is 460 g/mol. The number of likely N-dealkylation sites (tertiary alicyclic amines) is 1. The molecule has 0 N–H and O–H groups in total. The van der Waals surface area contributed by atoms with Crippen molar-refractivity contribution in [3.05, 3.63) is 118 Å². The van der Waals surface area contributed by atoms with Crippen molar-refractivity contribution < 1.29 is 18.0 Å². The molecule has 1 saturated heterocycles. The van der Waals surface area contributed by atoms with Crippen LogP contribution in [0.5, 0.6) is 0 Å². The molecule has 0 amide bonds. The Morgan fingerprint density at radius 3 is 1.63 bits per heavy atom. The molecule has 0 unspecified atom stereocenters. The highest BCUT2D eigenvalue weighted by molar-refractivity contribution is 7.94. The summed E-state index contributed by atoms with van der Waals surface area (Å²) in [5.74, 6) is -1.02. The molecule has 1 heterocycles. The molecule has 6 nitrogen and oxygen atoms in total. The first kappa shape index (κ1) is 23.2. The van der Waals surface area contributed by atoms with Crippen molar-refractivity contribution >= 4 is 21.6 Å². The number of hydrogen-bond acceptors (Lipinski definition) is 5. The molecule has 0 bridgehead atoms. The standard InChI is InChI=1S/C28H26N2O4S/c31-26-23-15-7-8-16-24(23)27(32)28(25(26)29-17-9-10-18-29)35(33,34)30(19-21-11-3-1-4-12-21)20-22-13-5-2-6-14-22/h1-8,11-16H,9-10,17-20H2. The van der Waals surface area contributed by atoms with E-state index in [9.17, 15) is 18.0 Å². The molecule has 178 valence electrons. The van der Waals surface area contributed by atoms with Crippen LogP contribution in [-0.4, -0.2) is 42.3 Å². The van der Waals surface area contributed by atoms with Gasteiger partial charge in [-0.15, -0.1) is 0 Å². The van der Waals surface area contributed by atoms with Gasteiger partial charge in [0.25, 0.3) is 0 Å². The zero-order chi connectivity index (χ0) is 24.4. The number of nitrogens with zero attached hydrogens (tertiary/aromatic N) is 2. The van der Waals surface area contributed by atoms with Crippen molar-refractivity contribution in [2.24, 2.45) is 0 Å². The van der Waals surface area contributed by atoms with E-state index in [0.29, 0.717) is 13.1 Å². The van der Waals surface area contributed by atoms with Crippen molar-refractivity contribution in [3.63, 3.8) is 0 Å². The van der Waals surface area contributed by atoms with Gasteiger partial charge in [0.05, 0.1) is 0 Å². The number of sulfonamides is 1. The third-order valence-electron chi connectivity index (χ3n) is 6.48. The maximum Gasteiger partial charge on any atom is 0.249 e.